The van der Waals surface area contributed by atoms with Crippen LogP contribution in [-0.4, -0.2) is 12.6 Å². The highest BCUT2D eigenvalue weighted by Gasteiger charge is 2.14. The lowest BCUT2D eigenvalue weighted by atomic mass is 9.86. The maximum atomic E-state index is 5.85. The topological polar surface area (TPSA) is 35.2 Å². The first-order valence-electron chi connectivity index (χ1n) is 7.30. The van der Waals surface area contributed by atoms with Gasteiger partial charge in [0, 0.05) is 6.04 Å². The van der Waals surface area contributed by atoms with Crippen molar-refractivity contribution < 1.29 is 4.74 Å². The van der Waals surface area contributed by atoms with Crippen LogP contribution in [0.25, 0.3) is 0 Å². The van der Waals surface area contributed by atoms with Gasteiger partial charge in [0.25, 0.3) is 0 Å². The van der Waals surface area contributed by atoms with Crippen molar-refractivity contribution in [3.8, 4) is 5.75 Å². The number of unbranched alkanes of at least 4 members (excludes halogenated alkanes) is 1. The molecule has 0 heterocycles. The molecular weight excluding hydrogens is 234 g/mol. The highest BCUT2D eigenvalue weighted by Crippen LogP contribution is 2.27. The summed E-state index contributed by atoms with van der Waals surface area (Å²) < 4.78 is 5.85. The van der Waals surface area contributed by atoms with Crippen molar-refractivity contribution in [3.63, 3.8) is 0 Å². The molecule has 108 valence electrons. The van der Waals surface area contributed by atoms with Gasteiger partial charge in [0.05, 0.1) is 6.61 Å². The number of nitrogens with two attached hydrogens (primary N) is 1. The fourth-order valence-corrected chi connectivity index (χ4v) is 2.03. The summed E-state index contributed by atoms with van der Waals surface area (Å²) in [7, 11) is 0. The van der Waals surface area contributed by atoms with Crippen molar-refractivity contribution in [2.45, 2.75) is 65.3 Å². The highest BCUT2D eigenvalue weighted by atomic mass is 16.5. The molecule has 1 atom stereocenters. The Kier molecular flexibility index (Phi) is 5.86. The summed E-state index contributed by atoms with van der Waals surface area (Å²) in [6.45, 7) is 11.6. The lowest BCUT2D eigenvalue weighted by Crippen LogP contribution is -2.14. The lowest BCUT2D eigenvalue weighted by Gasteiger charge is -2.20. The Labute approximate surface area is 118 Å². The molecule has 0 amide bonds. The van der Waals surface area contributed by atoms with Gasteiger partial charge >= 0.3 is 0 Å². The predicted octanol–water partition coefficient (Wildman–Crippen LogP) is 4.19. The van der Waals surface area contributed by atoms with E-state index in [1.54, 1.807) is 0 Å². The normalized spacial score (nSPS) is 13.4. The standard InChI is InChI=1S/C17H29NO/c1-13-12-15(17(3,4)5)9-10-16(13)19-11-7-6-8-14(2)18/h9-10,12,14H,6-8,11,18H2,1-5H3. The van der Waals surface area contributed by atoms with Gasteiger partial charge in [-0.3, -0.25) is 0 Å². The second-order valence-corrected chi connectivity index (χ2v) is 6.55. The minimum absolute atomic E-state index is 0.195. The van der Waals surface area contributed by atoms with E-state index in [0.717, 1.165) is 31.6 Å². The number of ether oxygens (including phenoxy) is 1. The second kappa shape index (κ2) is 6.95. The fraction of sp³-hybridized carbons (Fsp3) is 0.647. The van der Waals surface area contributed by atoms with E-state index in [1.807, 2.05) is 0 Å². The van der Waals surface area contributed by atoms with E-state index in [9.17, 15) is 0 Å². The largest absolute Gasteiger partial charge is 0.493 e. The van der Waals surface area contributed by atoms with E-state index in [4.69, 9.17) is 10.5 Å². The van der Waals surface area contributed by atoms with Gasteiger partial charge in [0.15, 0.2) is 0 Å². The third-order valence-corrected chi connectivity index (χ3v) is 3.35. The van der Waals surface area contributed by atoms with Gasteiger partial charge in [-0.05, 0) is 55.7 Å². The van der Waals surface area contributed by atoms with Gasteiger partial charge in [-0.15, -0.1) is 0 Å². The molecule has 0 radical (unpaired) electrons. The summed E-state index contributed by atoms with van der Waals surface area (Å²) in [6.07, 6.45) is 3.28. The maximum Gasteiger partial charge on any atom is 0.122 e. The molecule has 0 saturated carbocycles. The lowest BCUT2D eigenvalue weighted by molar-refractivity contribution is 0.301. The van der Waals surface area contributed by atoms with Gasteiger partial charge in [0.2, 0.25) is 0 Å². The molecule has 1 aromatic carbocycles. The molecule has 19 heavy (non-hydrogen) atoms. The van der Waals surface area contributed by atoms with Crippen molar-refractivity contribution in [1.82, 2.24) is 0 Å². The van der Waals surface area contributed by atoms with E-state index >= 15 is 0 Å². The molecule has 0 saturated heterocycles. The number of hydrogen-bond donors (Lipinski definition) is 1. The van der Waals surface area contributed by atoms with Crippen molar-refractivity contribution in [2.24, 2.45) is 5.73 Å². The van der Waals surface area contributed by atoms with Crippen LogP contribution >= 0.6 is 0 Å². The average Bonchev–Trinajstić information content (AvgIpc) is 2.28. The van der Waals surface area contributed by atoms with E-state index in [-0.39, 0.29) is 5.41 Å². The zero-order valence-corrected chi connectivity index (χ0v) is 13.1. The molecule has 0 aliphatic rings. The van der Waals surface area contributed by atoms with Crippen LogP contribution in [0, 0.1) is 6.92 Å². The summed E-state index contributed by atoms with van der Waals surface area (Å²) >= 11 is 0. The summed E-state index contributed by atoms with van der Waals surface area (Å²) in [4.78, 5) is 0. The first-order chi connectivity index (χ1) is 8.80. The van der Waals surface area contributed by atoms with Crippen LogP contribution in [0.1, 0.15) is 58.1 Å². The van der Waals surface area contributed by atoms with E-state index in [0.29, 0.717) is 6.04 Å². The molecule has 0 spiro atoms. The summed E-state index contributed by atoms with van der Waals surface area (Å²) in [5.74, 6) is 1.01. The molecule has 0 aliphatic heterocycles. The van der Waals surface area contributed by atoms with Crippen LogP contribution < -0.4 is 10.5 Å². The molecule has 2 N–H and O–H groups in total. The molecule has 2 nitrogen and oxygen atoms in total. The molecule has 2 heteroatoms. The van der Waals surface area contributed by atoms with E-state index in [1.165, 1.54) is 11.1 Å². The molecule has 1 aromatic rings. The SMILES string of the molecule is Cc1cc(C(C)(C)C)ccc1OCCCCC(C)N. The zero-order valence-electron chi connectivity index (χ0n) is 13.1. The van der Waals surface area contributed by atoms with Crippen LogP contribution in [0.2, 0.25) is 0 Å². The Balaban J connectivity index is 2.47. The molecule has 0 aliphatic carbocycles. The third kappa shape index (κ3) is 5.65. The minimum Gasteiger partial charge on any atom is -0.493 e. The number of hydrogen-bond acceptors (Lipinski definition) is 2. The van der Waals surface area contributed by atoms with E-state index < -0.39 is 0 Å². The Bertz CT molecular complexity index is 391. The van der Waals surface area contributed by atoms with Gasteiger partial charge in [-0.1, -0.05) is 32.9 Å². The molecule has 0 bridgehead atoms. The average molecular weight is 263 g/mol. The summed E-state index contributed by atoms with van der Waals surface area (Å²) in [6, 6.07) is 6.80. The van der Waals surface area contributed by atoms with Crippen LogP contribution in [0.5, 0.6) is 5.75 Å². The number of rotatable bonds is 6. The highest BCUT2D eigenvalue weighted by molar-refractivity contribution is 5.38. The quantitative estimate of drug-likeness (QED) is 0.781. The smallest absolute Gasteiger partial charge is 0.122 e. The van der Waals surface area contributed by atoms with Crippen LogP contribution in [0.3, 0.4) is 0 Å². The third-order valence-electron chi connectivity index (χ3n) is 3.35. The number of benzene rings is 1. The van der Waals surface area contributed by atoms with E-state index in [2.05, 4.69) is 52.8 Å². The first-order valence-corrected chi connectivity index (χ1v) is 7.30. The van der Waals surface area contributed by atoms with Gasteiger partial charge in [0.1, 0.15) is 5.75 Å². The summed E-state index contributed by atoms with van der Waals surface area (Å²) in [5, 5.41) is 0. The molecule has 1 unspecified atom stereocenters. The Hall–Kier alpha value is -1.02. The Morgan fingerprint density at radius 1 is 1.21 bits per heavy atom. The van der Waals surface area contributed by atoms with Crippen molar-refractivity contribution in [2.75, 3.05) is 6.61 Å². The first kappa shape index (κ1) is 16.0. The molecule has 1 rings (SSSR count). The maximum absolute atomic E-state index is 5.85. The second-order valence-electron chi connectivity index (χ2n) is 6.55. The van der Waals surface area contributed by atoms with Crippen molar-refractivity contribution in [3.05, 3.63) is 29.3 Å². The fourth-order valence-electron chi connectivity index (χ4n) is 2.03. The van der Waals surface area contributed by atoms with Gasteiger partial charge < -0.3 is 10.5 Å². The molecule has 0 aromatic heterocycles. The van der Waals surface area contributed by atoms with Crippen LogP contribution in [0.4, 0.5) is 0 Å². The monoisotopic (exact) mass is 263 g/mol. The van der Waals surface area contributed by atoms with Crippen LogP contribution in [-0.2, 0) is 5.41 Å². The number of aryl methyl sites for hydroxylation is 1. The Morgan fingerprint density at radius 2 is 1.89 bits per heavy atom. The van der Waals surface area contributed by atoms with Gasteiger partial charge in [-0.2, -0.15) is 0 Å². The van der Waals surface area contributed by atoms with Crippen LogP contribution in [0.15, 0.2) is 18.2 Å². The van der Waals surface area contributed by atoms with Gasteiger partial charge in [-0.25, -0.2) is 0 Å². The molecule has 0 fully saturated rings. The van der Waals surface area contributed by atoms with Crippen molar-refractivity contribution >= 4 is 0 Å². The zero-order chi connectivity index (χ0) is 14.5. The predicted molar refractivity (Wildman–Crippen MR) is 82.9 cm³/mol. The summed E-state index contributed by atoms with van der Waals surface area (Å²) in [5.41, 5.74) is 8.50. The molecular formula is C17H29NO. The minimum atomic E-state index is 0.195. The Morgan fingerprint density at radius 3 is 2.42 bits per heavy atom. The van der Waals surface area contributed by atoms with Crippen molar-refractivity contribution in [1.29, 1.82) is 0 Å².